The molecule has 2 saturated carbocycles. The number of carbonyl (C=O) groups excluding carboxylic acids is 1. The average molecular weight is 371 g/mol. The van der Waals surface area contributed by atoms with Crippen molar-refractivity contribution in [3.63, 3.8) is 0 Å². The van der Waals surface area contributed by atoms with Gasteiger partial charge in [-0.05, 0) is 69.1 Å². The molecule has 4 nitrogen and oxygen atoms in total. The van der Waals surface area contributed by atoms with Crippen molar-refractivity contribution in [3.8, 4) is 0 Å². The Morgan fingerprint density at radius 2 is 1.70 bits per heavy atom. The first-order valence-corrected chi connectivity index (χ1v) is 10.9. The summed E-state index contributed by atoms with van der Waals surface area (Å²) in [7, 11) is 0. The second kappa shape index (κ2) is 8.32. The number of hydrogen-bond donors (Lipinski definition) is 1. The molecular weight excluding hydrogens is 336 g/mol. The van der Waals surface area contributed by atoms with Crippen molar-refractivity contribution in [1.29, 1.82) is 0 Å². The molecule has 4 atom stereocenters. The minimum atomic E-state index is 0.107. The van der Waals surface area contributed by atoms with Crippen LogP contribution in [-0.2, 0) is 11.3 Å². The summed E-state index contributed by atoms with van der Waals surface area (Å²) in [6.07, 6.45) is 8.61. The fourth-order valence-corrected chi connectivity index (χ4v) is 5.04. The molecule has 1 amide bonds. The summed E-state index contributed by atoms with van der Waals surface area (Å²) in [5.74, 6) is 2.00. The molecule has 1 aromatic rings. The van der Waals surface area contributed by atoms with E-state index in [1.165, 1.54) is 44.1 Å². The van der Waals surface area contributed by atoms with Gasteiger partial charge in [0.1, 0.15) is 0 Å². The molecule has 1 aromatic carbocycles. The molecular formula is C23H34N2O2. The lowest BCUT2D eigenvalue weighted by Gasteiger charge is -2.35. The van der Waals surface area contributed by atoms with Crippen LogP contribution < -0.4 is 5.32 Å². The number of amides is 1. The lowest BCUT2D eigenvalue weighted by atomic mass is 9.81. The van der Waals surface area contributed by atoms with Crippen LogP contribution >= 0.6 is 0 Å². The zero-order chi connectivity index (χ0) is 18.8. The van der Waals surface area contributed by atoms with Gasteiger partial charge >= 0.3 is 0 Å². The van der Waals surface area contributed by atoms with Gasteiger partial charge in [0.25, 0.3) is 5.91 Å². The quantitative estimate of drug-likeness (QED) is 0.852. The second-order valence-electron chi connectivity index (χ2n) is 8.94. The molecule has 1 N–H and O–H groups in total. The Balaban J connectivity index is 1.32. The minimum absolute atomic E-state index is 0.107. The van der Waals surface area contributed by atoms with Crippen LogP contribution in [0.4, 0.5) is 0 Å². The van der Waals surface area contributed by atoms with Gasteiger partial charge in [0.2, 0.25) is 0 Å². The van der Waals surface area contributed by atoms with Gasteiger partial charge in [-0.25, -0.2) is 0 Å². The summed E-state index contributed by atoms with van der Waals surface area (Å²) < 4.78 is 5.74. The van der Waals surface area contributed by atoms with Crippen LogP contribution in [0.3, 0.4) is 0 Å². The van der Waals surface area contributed by atoms with Crippen LogP contribution in [0.1, 0.15) is 68.3 Å². The van der Waals surface area contributed by atoms with Crippen molar-refractivity contribution < 1.29 is 9.53 Å². The van der Waals surface area contributed by atoms with Gasteiger partial charge in [-0.3, -0.25) is 4.79 Å². The van der Waals surface area contributed by atoms with E-state index in [2.05, 4.69) is 17.4 Å². The van der Waals surface area contributed by atoms with E-state index in [-0.39, 0.29) is 18.1 Å². The Bertz CT molecular complexity index is 630. The highest BCUT2D eigenvalue weighted by Gasteiger charge is 2.37. The van der Waals surface area contributed by atoms with Gasteiger partial charge in [0.05, 0.1) is 12.2 Å². The van der Waals surface area contributed by atoms with E-state index in [0.29, 0.717) is 19.1 Å². The molecule has 4 rings (SSSR count). The molecule has 2 aliphatic carbocycles. The van der Waals surface area contributed by atoms with Crippen molar-refractivity contribution >= 4 is 5.91 Å². The first-order valence-electron chi connectivity index (χ1n) is 10.9. The number of rotatable bonds is 5. The van der Waals surface area contributed by atoms with Crippen molar-refractivity contribution in [2.45, 2.75) is 77.2 Å². The number of carbonyl (C=O) groups is 1. The Morgan fingerprint density at radius 3 is 2.37 bits per heavy atom. The van der Waals surface area contributed by atoms with E-state index in [1.54, 1.807) is 0 Å². The van der Waals surface area contributed by atoms with Gasteiger partial charge in [0.15, 0.2) is 0 Å². The van der Waals surface area contributed by atoms with Crippen LogP contribution in [0, 0.1) is 11.8 Å². The monoisotopic (exact) mass is 370 g/mol. The van der Waals surface area contributed by atoms with Gasteiger partial charge in [-0.2, -0.15) is 0 Å². The van der Waals surface area contributed by atoms with Crippen molar-refractivity contribution in [3.05, 3.63) is 35.4 Å². The van der Waals surface area contributed by atoms with E-state index in [4.69, 9.17) is 4.74 Å². The summed E-state index contributed by atoms with van der Waals surface area (Å²) in [6, 6.07) is 8.89. The number of ether oxygens (including phenoxy) is 1. The third kappa shape index (κ3) is 4.72. The Hall–Kier alpha value is -1.39. The van der Waals surface area contributed by atoms with Gasteiger partial charge in [-0.15, -0.1) is 0 Å². The van der Waals surface area contributed by atoms with Gasteiger partial charge in [-0.1, -0.05) is 25.0 Å². The Labute approximate surface area is 163 Å². The maximum Gasteiger partial charge on any atom is 0.254 e. The lowest BCUT2D eigenvalue weighted by Crippen LogP contribution is -2.48. The van der Waals surface area contributed by atoms with Crippen molar-refractivity contribution in [2.75, 3.05) is 13.1 Å². The lowest BCUT2D eigenvalue weighted by molar-refractivity contribution is -0.0586. The third-order valence-electron chi connectivity index (χ3n) is 6.52. The summed E-state index contributed by atoms with van der Waals surface area (Å²) in [5, 5.41) is 3.82. The maximum atomic E-state index is 12.8. The largest absolute Gasteiger partial charge is 0.372 e. The molecule has 0 aromatic heterocycles. The van der Waals surface area contributed by atoms with Crippen molar-refractivity contribution in [1.82, 2.24) is 10.2 Å². The molecule has 1 aliphatic heterocycles. The first kappa shape index (κ1) is 18.9. The van der Waals surface area contributed by atoms with Crippen LogP contribution in [-0.4, -0.2) is 42.1 Å². The van der Waals surface area contributed by atoms with E-state index in [1.807, 2.05) is 30.9 Å². The topological polar surface area (TPSA) is 41.6 Å². The van der Waals surface area contributed by atoms with Crippen LogP contribution in [0.5, 0.6) is 0 Å². The fraction of sp³-hybridized carbons (Fsp3) is 0.696. The summed E-state index contributed by atoms with van der Waals surface area (Å²) in [5.41, 5.74) is 2.06. The molecule has 148 valence electrons. The van der Waals surface area contributed by atoms with E-state index < -0.39 is 0 Å². The average Bonchev–Trinajstić information content (AvgIpc) is 3.51. The molecule has 3 fully saturated rings. The molecule has 0 bridgehead atoms. The molecule has 0 spiro atoms. The number of hydrogen-bond acceptors (Lipinski definition) is 3. The van der Waals surface area contributed by atoms with E-state index in [9.17, 15) is 4.79 Å². The maximum absolute atomic E-state index is 12.8. The number of nitrogens with zero attached hydrogens (tertiary/aromatic N) is 1. The predicted molar refractivity (Wildman–Crippen MR) is 108 cm³/mol. The fourth-order valence-electron chi connectivity index (χ4n) is 5.04. The van der Waals surface area contributed by atoms with Crippen LogP contribution in [0.2, 0.25) is 0 Å². The Kier molecular flexibility index (Phi) is 5.84. The summed E-state index contributed by atoms with van der Waals surface area (Å²) in [6.45, 7) is 6.33. The minimum Gasteiger partial charge on any atom is -0.372 e. The highest BCUT2D eigenvalue weighted by molar-refractivity contribution is 5.94. The van der Waals surface area contributed by atoms with E-state index in [0.717, 1.165) is 23.9 Å². The van der Waals surface area contributed by atoms with Gasteiger partial charge in [0, 0.05) is 31.2 Å². The van der Waals surface area contributed by atoms with Crippen LogP contribution in [0.25, 0.3) is 0 Å². The molecule has 0 unspecified atom stereocenters. The first-order chi connectivity index (χ1) is 13.1. The van der Waals surface area contributed by atoms with Crippen LogP contribution in [0.15, 0.2) is 24.3 Å². The zero-order valence-corrected chi connectivity index (χ0v) is 16.8. The van der Waals surface area contributed by atoms with Gasteiger partial charge < -0.3 is 15.0 Å². The smallest absolute Gasteiger partial charge is 0.254 e. The number of benzene rings is 1. The molecule has 1 saturated heterocycles. The predicted octanol–water partition coefficient (Wildman–Crippen LogP) is 3.99. The molecule has 0 radical (unpaired) electrons. The van der Waals surface area contributed by atoms with Crippen molar-refractivity contribution in [2.24, 2.45) is 11.8 Å². The Morgan fingerprint density at radius 1 is 1.04 bits per heavy atom. The number of nitrogens with one attached hydrogen (secondary N) is 1. The normalized spacial score (nSPS) is 31.7. The molecule has 1 heterocycles. The highest BCUT2D eigenvalue weighted by atomic mass is 16.5. The molecule has 4 heteroatoms. The molecule has 27 heavy (non-hydrogen) atoms. The standard InChI is InChI=1S/C23H34N2O2/c1-16-14-25(15-17(2)27-16)23(26)20-9-7-18(8-10-20)13-24-22-6-4-3-5-21(22)19-11-12-19/h7-10,16-17,19,21-22,24H,3-6,11-15H2,1-2H3/t16-,17-,21-,22-/m1/s1. The summed E-state index contributed by atoms with van der Waals surface area (Å²) >= 11 is 0. The number of morpholine rings is 1. The summed E-state index contributed by atoms with van der Waals surface area (Å²) in [4.78, 5) is 14.7. The highest BCUT2D eigenvalue weighted by Crippen LogP contribution is 2.44. The third-order valence-corrected chi connectivity index (χ3v) is 6.52. The van der Waals surface area contributed by atoms with E-state index >= 15 is 0 Å². The molecule has 3 aliphatic rings. The second-order valence-corrected chi connectivity index (χ2v) is 8.94. The SMILES string of the molecule is C[C@@H]1CN(C(=O)c2ccc(CN[C@@H]3CCCC[C@@H]3C3CC3)cc2)C[C@@H](C)O1. The zero-order valence-electron chi connectivity index (χ0n) is 16.8.